The second kappa shape index (κ2) is 5.69. The van der Waals surface area contributed by atoms with E-state index in [1.165, 1.54) is 27.0 Å². The molecule has 1 aromatic carbocycles. The Balaban J connectivity index is 3.17. The third-order valence-corrected chi connectivity index (χ3v) is 4.60. The molecule has 20 heavy (non-hydrogen) atoms. The van der Waals surface area contributed by atoms with Crippen molar-refractivity contribution < 1.29 is 23.4 Å². The average Bonchev–Trinajstić information content (AvgIpc) is 2.25. The summed E-state index contributed by atoms with van der Waals surface area (Å²) in [5, 5.41) is 18.3. The summed E-state index contributed by atoms with van der Waals surface area (Å²) in [4.78, 5) is 10.7. The Morgan fingerprint density at radius 1 is 1.40 bits per heavy atom. The summed E-state index contributed by atoms with van der Waals surface area (Å²) in [7, 11) is -2.52. The van der Waals surface area contributed by atoms with Gasteiger partial charge >= 0.3 is 5.97 Å². The van der Waals surface area contributed by atoms with Gasteiger partial charge in [-0.25, -0.2) is 13.2 Å². The monoisotopic (exact) mass is 321 g/mol. The molecule has 0 fully saturated rings. The minimum Gasteiger partial charge on any atom is -0.478 e. The number of carbonyl (C=O) groups is 1. The van der Waals surface area contributed by atoms with Crippen molar-refractivity contribution in [2.45, 2.75) is 24.3 Å². The number of carboxylic acids is 1. The molecule has 0 aromatic heterocycles. The summed E-state index contributed by atoms with van der Waals surface area (Å²) in [6.07, 6.45) is 0. The molecule has 1 rings (SSSR count). The molecule has 0 aliphatic heterocycles. The van der Waals surface area contributed by atoms with E-state index in [0.717, 1.165) is 16.4 Å². The smallest absolute Gasteiger partial charge is 0.337 e. The maximum Gasteiger partial charge on any atom is 0.337 e. The number of carboxylic acid groups (broad SMARTS) is 1. The first-order valence-electron chi connectivity index (χ1n) is 5.67. The number of benzene rings is 1. The van der Waals surface area contributed by atoms with Gasteiger partial charge in [0.1, 0.15) is 0 Å². The lowest BCUT2D eigenvalue weighted by Gasteiger charge is -2.25. The van der Waals surface area contributed by atoms with Crippen molar-refractivity contribution in [3.8, 4) is 0 Å². The van der Waals surface area contributed by atoms with Crippen LogP contribution in [0, 0.1) is 0 Å². The number of sulfonamides is 1. The summed E-state index contributed by atoms with van der Waals surface area (Å²) in [5.74, 6) is -1.23. The van der Waals surface area contributed by atoms with Crippen molar-refractivity contribution in [3.63, 3.8) is 0 Å². The van der Waals surface area contributed by atoms with Crippen LogP contribution in [-0.2, 0) is 10.0 Å². The molecule has 0 unspecified atom stereocenters. The number of aromatic carboxylic acids is 1. The fraction of sp³-hybridized carbons (Fsp3) is 0.417. The van der Waals surface area contributed by atoms with Gasteiger partial charge in [-0.05, 0) is 32.0 Å². The van der Waals surface area contributed by atoms with Crippen molar-refractivity contribution in [2.24, 2.45) is 0 Å². The second-order valence-corrected chi connectivity index (χ2v) is 7.47. The van der Waals surface area contributed by atoms with Gasteiger partial charge in [-0.1, -0.05) is 11.6 Å². The Bertz CT molecular complexity index is 621. The predicted octanol–water partition coefficient (Wildman–Crippen LogP) is 1.43. The van der Waals surface area contributed by atoms with Crippen molar-refractivity contribution in [2.75, 3.05) is 13.6 Å². The van der Waals surface area contributed by atoms with E-state index in [2.05, 4.69) is 0 Å². The van der Waals surface area contributed by atoms with Crippen LogP contribution in [-0.4, -0.2) is 48.1 Å². The van der Waals surface area contributed by atoms with E-state index in [4.69, 9.17) is 16.7 Å². The van der Waals surface area contributed by atoms with Crippen LogP contribution in [0.25, 0.3) is 0 Å². The van der Waals surface area contributed by atoms with Crippen molar-refractivity contribution in [1.82, 2.24) is 4.31 Å². The third kappa shape index (κ3) is 3.92. The van der Waals surface area contributed by atoms with E-state index in [1.54, 1.807) is 0 Å². The number of nitrogens with zero attached hydrogens (tertiary/aromatic N) is 1. The first kappa shape index (κ1) is 16.9. The molecule has 0 amide bonds. The van der Waals surface area contributed by atoms with Crippen LogP contribution >= 0.6 is 11.6 Å². The molecule has 0 saturated heterocycles. The molecule has 8 heteroatoms. The summed E-state index contributed by atoms with van der Waals surface area (Å²) in [6, 6.07) is 3.39. The lowest BCUT2D eigenvalue weighted by Crippen LogP contribution is -2.39. The van der Waals surface area contributed by atoms with Crippen LogP contribution in [0.4, 0.5) is 0 Å². The van der Waals surface area contributed by atoms with Crippen LogP contribution in [0.5, 0.6) is 0 Å². The topological polar surface area (TPSA) is 94.9 Å². The van der Waals surface area contributed by atoms with Crippen molar-refractivity contribution in [1.29, 1.82) is 0 Å². The summed E-state index contributed by atoms with van der Waals surface area (Å²) < 4.78 is 25.5. The number of halogens is 1. The summed E-state index contributed by atoms with van der Waals surface area (Å²) >= 11 is 5.76. The first-order valence-corrected chi connectivity index (χ1v) is 7.48. The Kier molecular flexibility index (Phi) is 4.81. The van der Waals surface area contributed by atoms with Gasteiger partial charge in [0.15, 0.2) is 0 Å². The highest BCUT2D eigenvalue weighted by molar-refractivity contribution is 7.89. The quantitative estimate of drug-likeness (QED) is 0.855. The Morgan fingerprint density at radius 3 is 2.35 bits per heavy atom. The molecule has 0 aliphatic carbocycles. The molecular formula is C12H16ClNO5S. The number of rotatable bonds is 5. The number of aliphatic hydroxyl groups is 1. The maximum atomic E-state index is 12.3. The van der Waals surface area contributed by atoms with Gasteiger partial charge in [0.2, 0.25) is 10.0 Å². The molecule has 0 radical (unpaired) electrons. The van der Waals surface area contributed by atoms with Crippen molar-refractivity contribution in [3.05, 3.63) is 28.8 Å². The Labute approximate surface area is 122 Å². The van der Waals surface area contributed by atoms with E-state index in [-0.39, 0.29) is 22.0 Å². The van der Waals surface area contributed by atoms with Gasteiger partial charge in [-0.2, -0.15) is 4.31 Å². The predicted molar refractivity (Wildman–Crippen MR) is 74.5 cm³/mol. The van der Waals surface area contributed by atoms with Gasteiger partial charge in [-0.3, -0.25) is 0 Å². The normalized spacial score (nSPS) is 12.7. The Morgan fingerprint density at radius 2 is 1.95 bits per heavy atom. The molecule has 2 N–H and O–H groups in total. The maximum absolute atomic E-state index is 12.3. The zero-order valence-electron chi connectivity index (χ0n) is 11.3. The number of likely N-dealkylation sites (N-methyl/N-ethyl adjacent to an activating group) is 1. The minimum absolute atomic E-state index is 0.104. The average molecular weight is 322 g/mol. The SMILES string of the molecule is CN(CC(C)(C)O)S(=O)(=O)c1ccc(C(=O)O)c(Cl)c1. The van der Waals surface area contributed by atoms with Crippen LogP contribution < -0.4 is 0 Å². The van der Waals surface area contributed by atoms with Gasteiger partial charge in [-0.15, -0.1) is 0 Å². The first-order chi connectivity index (χ1) is 8.95. The lowest BCUT2D eigenvalue weighted by atomic mass is 10.1. The zero-order valence-corrected chi connectivity index (χ0v) is 12.9. The minimum atomic E-state index is -3.84. The molecule has 0 saturated carbocycles. The molecule has 6 nitrogen and oxygen atoms in total. The zero-order chi connectivity index (χ0) is 15.7. The van der Waals surface area contributed by atoms with E-state index in [0.29, 0.717) is 0 Å². The van der Waals surface area contributed by atoms with E-state index < -0.39 is 21.6 Å². The fourth-order valence-electron chi connectivity index (χ4n) is 1.64. The van der Waals surface area contributed by atoms with Crippen LogP contribution in [0.3, 0.4) is 0 Å². The third-order valence-electron chi connectivity index (χ3n) is 2.49. The van der Waals surface area contributed by atoms with Crippen LogP contribution in [0.2, 0.25) is 5.02 Å². The molecule has 0 heterocycles. The largest absolute Gasteiger partial charge is 0.478 e. The van der Waals surface area contributed by atoms with Crippen LogP contribution in [0.1, 0.15) is 24.2 Å². The van der Waals surface area contributed by atoms with Gasteiger partial charge < -0.3 is 10.2 Å². The summed E-state index contributed by atoms with van der Waals surface area (Å²) in [6.45, 7) is 2.87. The van der Waals surface area contributed by atoms with Gasteiger partial charge in [0.05, 0.1) is 21.1 Å². The highest BCUT2D eigenvalue weighted by Gasteiger charge is 2.27. The highest BCUT2D eigenvalue weighted by Crippen LogP contribution is 2.23. The van der Waals surface area contributed by atoms with Gasteiger partial charge in [0.25, 0.3) is 0 Å². The second-order valence-electron chi connectivity index (χ2n) is 5.02. The van der Waals surface area contributed by atoms with E-state index in [1.807, 2.05) is 0 Å². The van der Waals surface area contributed by atoms with E-state index in [9.17, 15) is 18.3 Å². The standard InChI is InChI=1S/C12H16ClNO5S/c1-12(2,17)7-14(3)20(18,19)8-4-5-9(11(15)16)10(13)6-8/h4-6,17H,7H2,1-3H3,(H,15,16). The number of hydrogen-bond acceptors (Lipinski definition) is 4. The Hall–Kier alpha value is -1.15. The summed E-state index contributed by atoms with van der Waals surface area (Å²) in [5.41, 5.74) is -1.36. The highest BCUT2D eigenvalue weighted by atomic mass is 35.5. The van der Waals surface area contributed by atoms with E-state index >= 15 is 0 Å². The molecule has 112 valence electrons. The molecule has 1 aromatic rings. The molecule has 0 spiro atoms. The fourth-order valence-corrected chi connectivity index (χ4v) is 3.32. The van der Waals surface area contributed by atoms with Gasteiger partial charge in [0, 0.05) is 13.6 Å². The molecule has 0 bridgehead atoms. The molecule has 0 atom stereocenters. The van der Waals surface area contributed by atoms with Crippen molar-refractivity contribution >= 4 is 27.6 Å². The number of hydrogen-bond donors (Lipinski definition) is 2. The van der Waals surface area contributed by atoms with Crippen LogP contribution in [0.15, 0.2) is 23.1 Å². The molecule has 0 aliphatic rings. The lowest BCUT2D eigenvalue weighted by molar-refractivity contribution is 0.0639. The molecular weight excluding hydrogens is 306 g/mol.